The second-order valence-corrected chi connectivity index (χ2v) is 6.20. The highest BCUT2D eigenvalue weighted by Crippen LogP contribution is 2.33. The van der Waals surface area contributed by atoms with Crippen LogP contribution in [0, 0.1) is 5.41 Å². The normalized spacial score (nSPS) is 17.6. The molecule has 1 N–H and O–H groups in total. The first kappa shape index (κ1) is 12.9. The molecule has 3 rings (SSSR count). The molecule has 20 heavy (non-hydrogen) atoms. The third kappa shape index (κ3) is 2.22. The van der Waals surface area contributed by atoms with E-state index in [2.05, 4.69) is 23.7 Å². The van der Waals surface area contributed by atoms with Gasteiger partial charge >= 0.3 is 5.97 Å². The van der Waals surface area contributed by atoms with Gasteiger partial charge in [-0.05, 0) is 36.1 Å². The lowest BCUT2D eigenvalue weighted by Crippen LogP contribution is -2.22. The van der Waals surface area contributed by atoms with Gasteiger partial charge in [0, 0.05) is 30.4 Å². The molecule has 0 radical (unpaired) electrons. The van der Waals surface area contributed by atoms with Gasteiger partial charge in [0.2, 0.25) is 0 Å². The first-order valence-electron chi connectivity index (χ1n) is 6.83. The van der Waals surface area contributed by atoms with Crippen LogP contribution >= 0.6 is 0 Å². The number of hydrogen-bond donors (Lipinski definition) is 1. The molecule has 0 unspecified atom stereocenters. The Balaban J connectivity index is 2.06. The monoisotopic (exact) mass is 270 g/mol. The van der Waals surface area contributed by atoms with Crippen LogP contribution in [0.25, 0.3) is 10.9 Å². The van der Waals surface area contributed by atoms with Gasteiger partial charge in [0.1, 0.15) is 0 Å². The number of hydrogen-bond acceptors (Lipinski definition) is 3. The minimum absolute atomic E-state index is 0.315. The quantitative estimate of drug-likeness (QED) is 0.910. The molecule has 2 aromatic rings. The van der Waals surface area contributed by atoms with E-state index in [1.807, 2.05) is 18.2 Å². The smallest absolute Gasteiger partial charge is 0.336 e. The van der Waals surface area contributed by atoms with Crippen LogP contribution in [0.4, 0.5) is 5.69 Å². The van der Waals surface area contributed by atoms with Crippen molar-refractivity contribution >= 4 is 22.6 Å². The van der Waals surface area contributed by atoms with Crippen LogP contribution in [0.3, 0.4) is 0 Å². The third-order valence-corrected chi connectivity index (χ3v) is 4.00. The molecule has 0 bridgehead atoms. The Labute approximate surface area is 118 Å². The van der Waals surface area contributed by atoms with E-state index in [0.29, 0.717) is 16.4 Å². The summed E-state index contributed by atoms with van der Waals surface area (Å²) in [6, 6.07) is 7.44. The predicted molar refractivity (Wildman–Crippen MR) is 79.3 cm³/mol. The number of aromatic nitrogens is 1. The van der Waals surface area contributed by atoms with Gasteiger partial charge in [0.05, 0.1) is 11.1 Å². The van der Waals surface area contributed by atoms with Crippen molar-refractivity contribution in [1.82, 2.24) is 4.98 Å². The summed E-state index contributed by atoms with van der Waals surface area (Å²) in [7, 11) is 0. The van der Waals surface area contributed by atoms with Crippen LogP contribution in [0.2, 0.25) is 0 Å². The second-order valence-electron chi connectivity index (χ2n) is 6.20. The Morgan fingerprint density at radius 2 is 2.15 bits per heavy atom. The van der Waals surface area contributed by atoms with E-state index in [4.69, 9.17) is 0 Å². The summed E-state index contributed by atoms with van der Waals surface area (Å²) in [5, 5.41) is 9.99. The van der Waals surface area contributed by atoms with Crippen molar-refractivity contribution in [2.75, 3.05) is 18.0 Å². The molecule has 1 saturated heterocycles. The molecule has 4 heteroatoms. The van der Waals surface area contributed by atoms with Crippen molar-refractivity contribution in [3.8, 4) is 0 Å². The Bertz CT molecular complexity index is 679. The molecule has 104 valence electrons. The van der Waals surface area contributed by atoms with Gasteiger partial charge in [0.25, 0.3) is 0 Å². The fourth-order valence-electron chi connectivity index (χ4n) is 2.85. The Kier molecular flexibility index (Phi) is 2.89. The second kappa shape index (κ2) is 4.47. The fourth-order valence-corrected chi connectivity index (χ4v) is 2.85. The molecule has 1 aromatic heterocycles. The van der Waals surface area contributed by atoms with Crippen molar-refractivity contribution in [2.24, 2.45) is 5.41 Å². The number of anilines is 1. The highest BCUT2D eigenvalue weighted by atomic mass is 16.4. The zero-order valence-corrected chi connectivity index (χ0v) is 11.8. The molecule has 0 amide bonds. The van der Waals surface area contributed by atoms with Crippen LogP contribution < -0.4 is 4.90 Å². The van der Waals surface area contributed by atoms with Crippen molar-refractivity contribution in [2.45, 2.75) is 20.3 Å². The first-order chi connectivity index (χ1) is 9.46. The number of fused-ring (bicyclic) bond motifs is 1. The van der Waals surface area contributed by atoms with Crippen LogP contribution in [0.5, 0.6) is 0 Å². The third-order valence-electron chi connectivity index (χ3n) is 4.00. The van der Waals surface area contributed by atoms with Gasteiger partial charge in [-0.25, -0.2) is 4.79 Å². The lowest BCUT2D eigenvalue weighted by Gasteiger charge is -2.22. The van der Waals surface area contributed by atoms with E-state index in [1.54, 1.807) is 12.3 Å². The number of carboxylic acids is 1. The minimum atomic E-state index is -0.906. The maximum absolute atomic E-state index is 11.3. The highest BCUT2D eigenvalue weighted by molar-refractivity contribution is 6.03. The van der Waals surface area contributed by atoms with Crippen LogP contribution in [-0.2, 0) is 0 Å². The van der Waals surface area contributed by atoms with E-state index in [1.165, 1.54) is 0 Å². The summed E-state index contributed by atoms with van der Waals surface area (Å²) in [5.41, 5.74) is 2.44. The zero-order valence-electron chi connectivity index (χ0n) is 11.8. The van der Waals surface area contributed by atoms with E-state index in [-0.39, 0.29) is 0 Å². The van der Waals surface area contributed by atoms with E-state index < -0.39 is 5.97 Å². The Morgan fingerprint density at radius 3 is 2.80 bits per heavy atom. The van der Waals surface area contributed by atoms with Gasteiger partial charge in [-0.15, -0.1) is 0 Å². The number of nitrogens with zero attached hydrogens (tertiary/aromatic N) is 2. The number of benzene rings is 1. The molecular formula is C16H18N2O2. The maximum atomic E-state index is 11.3. The van der Waals surface area contributed by atoms with Crippen molar-refractivity contribution in [3.63, 3.8) is 0 Å². The molecule has 1 fully saturated rings. The maximum Gasteiger partial charge on any atom is 0.336 e. The van der Waals surface area contributed by atoms with E-state index in [0.717, 1.165) is 30.7 Å². The average Bonchev–Trinajstić information content (AvgIpc) is 2.77. The number of aromatic carboxylic acids is 1. The molecule has 0 aliphatic carbocycles. The minimum Gasteiger partial charge on any atom is -0.478 e. The first-order valence-corrected chi connectivity index (χ1v) is 6.83. The van der Waals surface area contributed by atoms with Gasteiger partial charge in [-0.3, -0.25) is 4.98 Å². The average molecular weight is 270 g/mol. The van der Waals surface area contributed by atoms with Gasteiger partial charge in [-0.2, -0.15) is 0 Å². The van der Waals surface area contributed by atoms with Crippen LogP contribution in [0.15, 0.2) is 30.5 Å². The zero-order chi connectivity index (χ0) is 14.3. The summed E-state index contributed by atoms with van der Waals surface area (Å²) in [4.78, 5) is 17.9. The van der Waals surface area contributed by atoms with Gasteiger partial charge in [-0.1, -0.05) is 13.8 Å². The Morgan fingerprint density at radius 1 is 1.35 bits per heavy atom. The lowest BCUT2D eigenvalue weighted by molar-refractivity contribution is 0.0699. The van der Waals surface area contributed by atoms with Gasteiger partial charge < -0.3 is 10.0 Å². The molecule has 1 aliphatic rings. The Hall–Kier alpha value is -2.10. The summed E-state index contributed by atoms with van der Waals surface area (Å²) in [6.07, 6.45) is 2.70. The van der Waals surface area contributed by atoms with E-state index in [9.17, 15) is 9.90 Å². The summed E-state index contributed by atoms with van der Waals surface area (Å²) >= 11 is 0. The van der Waals surface area contributed by atoms with Crippen LogP contribution in [-0.4, -0.2) is 29.1 Å². The van der Waals surface area contributed by atoms with Crippen molar-refractivity contribution in [1.29, 1.82) is 0 Å². The SMILES string of the molecule is CC1(C)CCN(c2ccc3nccc(C(=O)O)c3c2)C1. The molecule has 1 aromatic carbocycles. The molecule has 0 atom stereocenters. The van der Waals surface area contributed by atoms with Gasteiger partial charge in [0.15, 0.2) is 0 Å². The summed E-state index contributed by atoms with van der Waals surface area (Å²) < 4.78 is 0. The fraction of sp³-hybridized carbons (Fsp3) is 0.375. The lowest BCUT2D eigenvalue weighted by atomic mass is 9.93. The number of pyridine rings is 1. The number of carboxylic acid groups (broad SMARTS) is 1. The largest absolute Gasteiger partial charge is 0.478 e. The molecule has 1 aliphatic heterocycles. The summed E-state index contributed by atoms with van der Waals surface area (Å²) in [6.45, 7) is 6.54. The topological polar surface area (TPSA) is 53.4 Å². The number of rotatable bonds is 2. The molecule has 0 spiro atoms. The molecule has 4 nitrogen and oxygen atoms in total. The summed E-state index contributed by atoms with van der Waals surface area (Å²) in [5.74, 6) is -0.906. The highest BCUT2D eigenvalue weighted by Gasteiger charge is 2.29. The molecular weight excluding hydrogens is 252 g/mol. The number of carbonyl (C=O) groups is 1. The van der Waals surface area contributed by atoms with Crippen molar-refractivity contribution < 1.29 is 9.90 Å². The standard InChI is InChI=1S/C16H18N2O2/c1-16(2)6-8-18(10-16)11-3-4-14-13(9-11)12(15(19)20)5-7-17-14/h3-5,7,9H,6,8,10H2,1-2H3,(H,19,20). The van der Waals surface area contributed by atoms with Crippen LogP contribution in [0.1, 0.15) is 30.6 Å². The predicted octanol–water partition coefficient (Wildman–Crippen LogP) is 3.17. The van der Waals surface area contributed by atoms with Crippen molar-refractivity contribution in [3.05, 3.63) is 36.0 Å². The molecule has 2 heterocycles. The molecule has 0 saturated carbocycles. The van der Waals surface area contributed by atoms with E-state index >= 15 is 0 Å².